The van der Waals surface area contributed by atoms with E-state index in [1.54, 1.807) is 0 Å². The predicted octanol–water partition coefficient (Wildman–Crippen LogP) is -15.3. The van der Waals surface area contributed by atoms with Gasteiger partial charge in [0.1, 0.15) is 171 Å². The van der Waals surface area contributed by atoms with E-state index in [2.05, 4.69) is 16.0 Å². The number of nitrogens with one attached hydrogen (secondary N) is 3. The molecule has 0 bridgehead atoms. The zero-order chi connectivity index (χ0) is 70.5. The van der Waals surface area contributed by atoms with E-state index in [4.69, 9.17) is 66.3 Å². The van der Waals surface area contributed by atoms with Gasteiger partial charge >= 0.3 is 0 Å². The van der Waals surface area contributed by atoms with Gasteiger partial charge in [-0.15, -0.1) is 0 Å². The Bertz CT molecular complexity index is 2410. The molecule has 7 aliphatic heterocycles. The van der Waals surface area contributed by atoms with Crippen LogP contribution in [0.3, 0.4) is 0 Å². The Morgan fingerprint density at radius 2 is 0.737 bits per heavy atom. The fraction of sp³-hybridized carbons (Fsp3) is 0.944. The summed E-state index contributed by atoms with van der Waals surface area (Å²) in [7, 11) is 0. The Morgan fingerprint density at radius 1 is 0.379 bits per heavy atom. The standard InChI is InChI=1S/C54H93N3O38/c1-13-27(67)34(74)39(79)50(83-13)93-45-26(57-18(6)65)48(89-24(11-62)43(45)91-53-46(37(77)31(71)21(8-59)87-53)94-51-40(80)35(75)28(68)14(2)84-51)82-12-20(66)30(70)42(19(7-58)55-16(4)63)90-49-25(56-17(5)64)44(33(73)23(10-61)86-49)92-54-47(38(78)32(72)22(9-60)88-54)95-52-41(81)36(76)29(69)15(3)85-52/h13-15,19-54,58-62,66-81H,7-12H2,1-6H3,(H,55,63)(H,56,64)(H,57,65)/t13-,14-,15-,19-,20+,21+,22+,23+,24+,25+,26+,27+,28+,29+,30-,31-,32-,33+,34+,35+,36+,37-,38-,39-,40-,41-,42+,43+,44+,45+,46+,47+,48+,49-,50-,51-,52-,53-,54-/m0/s1. The van der Waals surface area contributed by atoms with E-state index >= 15 is 0 Å². The summed E-state index contributed by atoms with van der Waals surface area (Å²) < 4.78 is 83.0. The third kappa shape index (κ3) is 18.0. The first-order valence-corrected chi connectivity index (χ1v) is 30.6. The molecule has 95 heavy (non-hydrogen) atoms. The summed E-state index contributed by atoms with van der Waals surface area (Å²) in [4.78, 5) is 39.1. The van der Waals surface area contributed by atoms with E-state index in [0.717, 1.165) is 20.8 Å². The smallest absolute Gasteiger partial charge is 0.217 e. The molecule has 552 valence electrons. The summed E-state index contributed by atoms with van der Waals surface area (Å²) in [5, 5.41) is 237. The normalized spacial score (nSPS) is 47.2. The molecule has 0 radical (unpaired) electrons. The number of carbonyl (C=O) groups is 3. The highest BCUT2D eigenvalue weighted by atomic mass is 16.8. The van der Waals surface area contributed by atoms with Gasteiger partial charge in [0.25, 0.3) is 0 Å². The third-order valence-corrected chi connectivity index (χ3v) is 17.4. The molecule has 0 saturated carbocycles. The number of rotatable bonds is 26. The summed E-state index contributed by atoms with van der Waals surface area (Å²) in [5.74, 6) is -2.77. The first-order chi connectivity index (χ1) is 44.7. The Labute approximate surface area is 540 Å². The monoisotopic (exact) mass is 1390 g/mol. The molecule has 0 aromatic rings. The average molecular weight is 1390 g/mol. The highest BCUT2D eigenvalue weighted by Gasteiger charge is 2.59. The van der Waals surface area contributed by atoms with Crippen LogP contribution >= 0.6 is 0 Å². The van der Waals surface area contributed by atoms with Crippen molar-refractivity contribution in [2.75, 3.05) is 39.6 Å². The highest BCUT2D eigenvalue weighted by molar-refractivity contribution is 5.74. The molecule has 7 rings (SSSR count). The van der Waals surface area contributed by atoms with Gasteiger partial charge in [-0.3, -0.25) is 14.4 Å². The minimum absolute atomic E-state index is 0.899. The van der Waals surface area contributed by atoms with Crippen LogP contribution in [0.5, 0.6) is 0 Å². The van der Waals surface area contributed by atoms with Crippen molar-refractivity contribution < 1.29 is 188 Å². The lowest BCUT2D eigenvalue weighted by Gasteiger charge is -2.51. The van der Waals surface area contributed by atoms with Crippen molar-refractivity contribution >= 4 is 17.7 Å². The Kier molecular flexibility index (Phi) is 28.9. The zero-order valence-electron chi connectivity index (χ0n) is 52.1. The first-order valence-electron chi connectivity index (χ1n) is 30.6. The Hall–Kier alpha value is -2.99. The zero-order valence-corrected chi connectivity index (χ0v) is 52.1. The van der Waals surface area contributed by atoms with Crippen molar-refractivity contribution in [3.8, 4) is 0 Å². The number of aliphatic hydroxyl groups is 21. The van der Waals surface area contributed by atoms with Gasteiger partial charge in [-0.2, -0.15) is 0 Å². The molecule has 0 spiro atoms. The Balaban J connectivity index is 1.20. The van der Waals surface area contributed by atoms with Crippen LogP contribution in [0.1, 0.15) is 41.5 Å². The van der Waals surface area contributed by atoms with Crippen LogP contribution in [0.2, 0.25) is 0 Å². The van der Waals surface area contributed by atoms with E-state index in [1.807, 2.05) is 0 Å². The van der Waals surface area contributed by atoms with Crippen LogP contribution in [0.4, 0.5) is 0 Å². The molecule has 24 N–H and O–H groups in total. The topological polar surface area (TPSA) is 641 Å². The van der Waals surface area contributed by atoms with Gasteiger partial charge in [0, 0.05) is 20.8 Å². The molecular formula is C54H93N3O38. The van der Waals surface area contributed by atoms with Gasteiger partial charge in [0.15, 0.2) is 44.0 Å². The summed E-state index contributed by atoms with van der Waals surface area (Å²) in [6, 6.07) is -5.61. The summed E-state index contributed by atoms with van der Waals surface area (Å²) in [5.41, 5.74) is 0. The molecule has 0 unspecified atom stereocenters. The summed E-state index contributed by atoms with van der Waals surface area (Å²) in [6.45, 7) is 0.122. The molecule has 3 amide bonds. The van der Waals surface area contributed by atoms with E-state index in [0.29, 0.717) is 0 Å². The van der Waals surface area contributed by atoms with Gasteiger partial charge in [0.2, 0.25) is 17.7 Å². The van der Waals surface area contributed by atoms with E-state index in [-0.39, 0.29) is 0 Å². The van der Waals surface area contributed by atoms with Gasteiger partial charge in [-0.1, -0.05) is 0 Å². The number of carbonyl (C=O) groups excluding carboxylic acids is 3. The fourth-order valence-corrected chi connectivity index (χ4v) is 12.0. The molecule has 0 aromatic heterocycles. The SMILES string of the molecule is CC(=O)N[C@H]1[C@H](OC[C@@H](O)[C@H](O)[C@H](O[C@@H]2O[C@H](CO)[C@@H](O)[C@H](O[C@@H]3O[C@H](CO)[C@H](O)[C@H](O)[C@H]3O[C@@H]3O[C@@H](C)[C@@H](O)[C@@H](O)[C@@H]3O)[C@H]2NC(C)=O)[C@H](CO)NC(C)=O)O[C@H](CO)[C@@H](O[C@@H]2O[C@H](CO)[C@H](O)[C@H](O)[C@H]2O[C@@H]2O[C@@H](C)[C@@H](O)[C@@H](O)[C@@H]2O)[C@@H]1O[C@@H]1O[C@@H](C)[C@@H](O)[C@@H](O)[C@@H]1O. The minimum Gasteiger partial charge on any atom is -0.394 e. The van der Waals surface area contributed by atoms with Crippen LogP contribution in [0, 0.1) is 0 Å². The fourth-order valence-electron chi connectivity index (χ4n) is 12.0. The van der Waals surface area contributed by atoms with Gasteiger partial charge in [-0.05, 0) is 20.8 Å². The summed E-state index contributed by atoms with van der Waals surface area (Å²) >= 11 is 0. The van der Waals surface area contributed by atoms with Gasteiger partial charge in [-0.25, -0.2) is 0 Å². The molecular weight excluding hydrogens is 1300 g/mol. The average Bonchev–Trinajstić information content (AvgIpc) is 0.780. The number of hydrogen-bond acceptors (Lipinski definition) is 38. The predicted molar refractivity (Wildman–Crippen MR) is 297 cm³/mol. The third-order valence-electron chi connectivity index (χ3n) is 17.4. The summed E-state index contributed by atoms with van der Waals surface area (Å²) in [6.07, 6.45) is -69.5. The molecule has 0 aliphatic carbocycles. The quantitative estimate of drug-likeness (QED) is 0.0382. The highest BCUT2D eigenvalue weighted by Crippen LogP contribution is 2.38. The molecule has 39 atom stereocenters. The molecule has 41 heteroatoms. The van der Waals surface area contributed by atoms with Crippen molar-refractivity contribution in [1.29, 1.82) is 0 Å². The number of hydrogen-bond donors (Lipinski definition) is 24. The molecule has 7 aliphatic rings. The Morgan fingerprint density at radius 3 is 1.13 bits per heavy atom. The number of aliphatic hydroxyl groups excluding tert-OH is 21. The van der Waals surface area contributed by atoms with E-state index in [1.165, 1.54) is 20.8 Å². The van der Waals surface area contributed by atoms with E-state index < -0.39 is 297 Å². The number of amides is 3. The van der Waals surface area contributed by atoms with Crippen LogP contribution in [0.15, 0.2) is 0 Å². The van der Waals surface area contributed by atoms with Crippen molar-refractivity contribution in [2.45, 2.75) is 281 Å². The van der Waals surface area contributed by atoms with Gasteiger partial charge in [0.05, 0.1) is 64.0 Å². The maximum absolute atomic E-state index is 13.3. The van der Waals surface area contributed by atoms with Crippen LogP contribution in [-0.2, 0) is 80.7 Å². The second-order valence-corrected chi connectivity index (χ2v) is 24.3. The van der Waals surface area contributed by atoms with Gasteiger partial charge < -0.3 is 190 Å². The second-order valence-electron chi connectivity index (χ2n) is 24.3. The lowest BCUT2D eigenvalue weighted by atomic mass is 9.94. The van der Waals surface area contributed by atoms with Crippen LogP contribution in [-0.4, -0.2) is 404 Å². The van der Waals surface area contributed by atoms with Crippen LogP contribution < -0.4 is 16.0 Å². The number of ether oxygens (including phenoxy) is 14. The lowest BCUT2D eigenvalue weighted by Crippen LogP contribution is -2.70. The van der Waals surface area contributed by atoms with Crippen molar-refractivity contribution in [3.63, 3.8) is 0 Å². The molecule has 7 saturated heterocycles. The van der Waals surface area contributed by atoms with Crippen molar-refractivity contribution in [1.82, 2.24) is 16.0 Å². The minimum atomic E-state index is -2.46. The molecule has 7 heterocycles. The molecule has 0 aromatic carbocycles. The van der Waals surface area contributed by atoms with Crippen molar-refractivity contribution in [2.24, 2.45) is 0 Å². The second kappa shape index (κ2) is 34.6. The largest absolute Gasteiger partial charge is 0.394 e. The maximum Gasteiger partial charge on any atom is 0.217 e. The van der Waals surface area contributed by atoms with Crippen LogP contribution in [0.25, 0.3) is 0 Å². The molecule has 7 fully saturated rings. The first kappa shape index (κ1) is 79.3. The molecule has 41 nitrogen and oxygen atoms in total. The maximum atomic E-state index is 13.3. The van der Waals surface area contributed by atoms with Crippen molar-refractivity contribution in [3.05, 3.63) is 0 Å². The van der Waals surface area contributed by atoms with E-state index in [9.17, 15) is 122 Å². The lowest BCUT2D eigenvalue weighted by molar-refractivity contribution is -0.393.